The zero-order valence-corrected chi connectivity index (χ0v) is 28.9. The number of nitrogens with zero attached hydrogens (tertiary/aromatic N) is 3. The van der Waals surface area contributed by atoms with Gasteiger partial charge in [0, 0.05) is 33.0 Å². The lowest BCUT2D eigenvalue weighted by molar-refractivity contribution is 1.18. The van der Waals surface area contributed by atoms with Gasteiger partial charge in [-0.3, -0.25) is 0 Å². The number of rotatable bonds is 4. The number of fused-ring (bicyclic) bond motifs is 8. The van der Waals surface area contributed by atoms with Crippen LogP contribution in [-0.2, 0) is 0 Å². The van der Waals surface area contributed by atoms with Crippen LogP contribution >= 0.6 is 0 Å². The maximum atomic E-state index is 5.42. The van der Waals surface area contributed by atoms with E-state index in [-0.39, 0.29) is 0 Å². The molecule has 2 aromatic heterocycles. The molecule has 0 amide bonds. The van der Waals surface area contributed by atoms with Crippen LogP contribution < -0.4 is 10.4 Å². The third-order valence-electron chi connectivity index (χ3n) is 10.6. The van der Waals surface area contributed by atoms with Crippen molar-refractivity contribution in [3.05, 3.63) is 164 Å². The Labute approximate surface area is 292 Å². The van der Waals surface area contributed by atoms with E-state index in [0.717, 1.165) is 39.4 Å². The van der Waals surface area contributed by atoms with Gasteiger partial charge in [-0.1, -0.05) is 134 Å². The maximum Gasteiger partial charge on any atom is 0.160 e. The molecule has 3 nitrogen and oxygen atoms in total. The molecule has 7 aromatic carbocycles. The van der Waals surface area contributed by atoms with Gasteiger partial charge in [0.05, 0.1) is 22.2 Å². The predicted molar refractivity (Wildman–Crippen MR) is 212 cm³/mol. The largest absolute Gasteiger partial charge is 0.309 e. The molecule has 0 N–H and O–H groups in total. The van der Waals surface area contributed by atoms with Gasteiger partial charge in [0.25, 0.3) is 0 Å². The molecule has 0 bridgehead atoms. The van der Waals surface area contributed by atoms with E-state index in [1.54, 1.807) is 0 Å². The Morgan fingerprint density at radius 2 is 1.16 bits per heavy atom. The minimum Gasteiger partial charge on any atom is -0.309 e. The van der Waals surface area contributed by atoms with Gasteiger partial charge in [0.15, 0.2) is 5.82 Å². The van der Waals surface area contributed by atoms with Crippen LogP contribution in [0.2, 0.25) is 13.1 Å². The Balaban J connectivity index is 1.15. The second-order valence-electron chi connectivity index (χ2n) is 13.8. The Hall–Kier alpha value is -6.10. The molecular formula is C46H33N3Si. The zero-order chi connectivity index (χ0) is 33.4. The molecule has 0 aliphatic carbocycles. The Morgan fingerprint density at radius 1 is 0.480 bits per heavy atom. The van der Waals surface area contributed by atoms with E-state index in [2.05, 4.69) is 181 Å². The predicted octanol–water partition coefficient (Wildman–Crippen LogP) is 10.5. The normalized spacial score (nSPS) is 13.2. The summed E-state index contributed by atoms with van der Waals surface area (Å²) in [5, 5.41) is 6.61. The van der Waals surface area contributed by atoms with Gasteiger partial charge >= 0.3 is 0 Å². The van der Waals surface area contributed by atoms with Crippen molar-refractivity contribution in [1.82, 2.24) is 14.5 Å². The first-order valence-corrected chi connectivity index (χ1v) is 20.3. The Morgan fingerprint density at radius 3 is 2.02 bits per heavy atom. The summed E-state index contributed by atoms with van der Waals surface area (Å²) in [5.74, 6) is 0.745. The van der Waals surface area contributed by atoms with Gasteiger partial charge in [0.2, 0.25) is 0 Å². The molecule has 50 heavy (non-hydrogen) atoms. The minimum absolute atomic E-state index is 0.745. The van der Waals surface area contributed by atoms with Crippen LogP contribution in [0.25, 0.3) is 83.3 Å². The maximum absolute atomic E-state index is 5.42. The van der Waals surface area contributed by atoms with Crippen LogP contribution in [-0.4, -0.2) is 22.6 Å². The van der Waals surface area contributed by atoms with Crippen molar-refractivity contribution in [2.75, 3.05) is 0 Å². The molecular weight excluding hydrogens is 623 g/mol. The smallest absolute Gasteiger partial charge is 0.160 e. The fourth-order valence-electron chi connectivity index (χ4n) is 8.28. The van der Waals surface area contributed by atoms with Crippen molar-refractivity contribution in [1.29, 1.82) is 0 Å². The fourth-order valence-corrected chi connectivity index (χ4v) is 11.7. The summed E-state index contributed by atoms with van der Waals surface area (Å²) >= 11 is 0. The highest BCUT2D eigenvalue weighted by atomic mass is 28.3. The van der Waals surface area contributed by atoms with Crippen LogP contribution in [0.3, 0.4) is 0 Å². The van der Waals surface area contributed by atoms with Gasteiger partial charge < -0.3 is 4.57 Å². The molecule has 0 radical (unpaired) electrons. The van der Waals surface area contributed by atoms with Gasteiger partial charge in [-0.15, -0.1) is 0 Å². The fraction of sp³-hybridized carbons (Fsp3) is 0.0435. The minimum atomic E-state index is -2.00. The van der Waals surface area contributed by atoms with Crippen molar-refractivity contribution < 1.29 is 0 Å². The van der Waals surface area contributed by atoms with Crippen molar-refractivity contribution in [3.63, 3.8) is 0 Å². The highest BCUT2D eigenvalue weighted by Gasteiger charge is 2.39. The number of hydrogen-bond acceptors (Lipinski definition) is 2. The molecule has 10 rings (SSSR count). The number of para-hydroxylation sites is 2. The second kappa shape index (κ2) is 11.0. The average Bonchev–Trinajstić information content (AvgIpc) is 3.63. The zero-order valence-electron chi connectivity index (χ0n) is 27.9. The number of benzene rings is 7. The van der Waals surface area contributed by atoms with Crippen molar-refractivity contribution in [2.24, 2.45) is 0 Å². The molecule has 0 atom stereocenters. The van der Waals surface area contributed by atoms with Crippen LogP contribution in [0.15, 0.2) is 164 Å². The van der Waals surface area contributed by atoms with Crippen LogP contribution in [0, 0.1) is 0 Å². The summed E-state index contributed by atoms with van der Waals surface area (Å²) < 4.78 is 2.36. The van der Waals surface area contributed by atoms with Gasteiger partial charge in [-0.25, -0.2) is 9.97 Å². The summed E-state index contributed by atoms with van der Waals surface area (Å²) in [6.07, 6.45) is 0. The SMILES string of the molecule is C[Si]1(C)c2ccccc2-c2ccc3nc(-c4cccc(-c5ccc6c(c5)c5ccccc5n6-c5ccccc5)c4)nc(-c4ccccc4)c3c21. The van der Waals surface area contributed by atoms with E-state index < -0.39 is 8.07 Å². The Bertz CT molecular complexity index is 2780. The van der Waals surface area contributed by atoms with Crippen LogP contribution in [0.1, 0.15) is 0 Å². The van der Waals surface area contributed by atoms with E-state index in [1.165, 1.54) is 54.3 Å². The van der Waals surface area contributed by atoms with Crippen LogP contribution in [0.5, 0.6) is 0 Å². The molecule has 9 aromatic rings. The third kappa shape index (κ3) is 4.28. The summed E-state index contributed by atoms with van der Waals surface area (Å²) in [7, 11) is -2.00. The molecule has 0 unspecified atom stereocenters. The summed E-state index contributed by atoms with van der Waals surface area (Å²) in [4.78, 5) is 10.7. The molecule has 4 heteroatoms. The first-order valence-electron chi connectivity index (χ1n) is 17.3. The molecule has 0 spiro atoms. The van der Waals surface area contributed by atoms with Crippen molar-refractivity contribution in [3.8, 4) is 50.6 Å². The van der Waals surface area contributed by atoms with Gasteiger partial charge in [-0.05, 0) is 75.1 Å². The standard InChI is InChI=1S/C46H33N3Si/c1-50(2)42-23-12-10-21-36(42)37-25-26-39-43(45(37)50)44(30-14-5-3-6-15-30)48-46(47-39)33-17-13-16-31(28-33)32-24-27-41-38(29-32)35-20-9-11-22-40(35)49(41)34-18-7-4-8-19-34/h3-29H,1-2H3. The number of hydrogen-bond donors (Lipinski definition) is 0. The quantitative estimate of drug-likeness (QED) is 0.177. The van der Waals surface area contributed by atoms with Crippen molar-refractivity contribution in [2.45, 2.75) is 13.1 Å². The molecule has 1 aliphatic rings. The van der Waals surface area contributed by atoms with E-state index >= 15 is 0 Å². The topological polar surface area (TPSA) is 30.7 Å². The van der Waals surface area contributed by atoms with E-state index in [4.69, 9.17) is 9.97 Å². The van der Waals surface area contributed by atoms with E-state index in [0.29, 0.717) is 0 Å². The highest BCUT2D eigenvalue weighted by Crippen LogP contribution is 2.38. The summed E-state index contributed by atoms with van der Waals surface area (Å²) in [6.45, 7) is 4.94. The second-order valence-corrected chi connectivity index (χ2v) is 18.1. The van der Waals surface area contributed by atoms with E-state index in [1.807, 2.05) is 0 Å². The summed E-state index contributed by atoms with van der Waals surface area (Å²) in [6, 6.07) is 58.9. The lowest BCUT2D eigenvalue weighted by Crippen LogP contribution is -2.49. The number of aromatic nitrogens is 3. The van der Waals surface area contributed by atoms with Gasteiger partial charge in [-0.2, -0.15) is 0 Å². The first kappa shape index (κ1) is 28.9. The highest BCUT2D eigenvalue weighted by molar-refractivity contribution is 7.05. The van der Waals surface area contributed by atoms with Gasteiger partial charge in [0.1, 0.15) is 8.07 Å². The lowest BCUT2D eigenvalue weighted by atomic mass is 9.99. The molecule has 236 valence electrons. The Kier molecular flexibility index (Phi) is 6.33. The average molecular weight is 656 g/mol. The molecule has 3 heterocycles. The lowest BCUT2D eigenvalue weighted by Gasteiger charge is -2.22. The van der Waals surface area contributed by atoms with Crippen LogP contribution in [0.4, 0.5) is 0 Å². The molecule has 0 fully saturated rings. The van der Waals surface area contributed by atoms with E-state index in [9.17, 15) is 0 Å². The first-order chi connectivity index (χ1) is 24.6. The monoisotopic (exact) mass is 655 g/mol. The molecule has 0 saturated heterocycles. The molecule has 1 aliphatic heterocycles. The van der Waals surface area contributed by atoms with Crippen molar-refractivity contribution >= 4 is 51.2 Å². The third-order valence-corrected chi connectivity index (χ3v) is 14.1. The summed E-state index contributed by atoms with van der Waals surface area (Å²) in [5.41, 5.74) is 12.7. The molecule has 0 saturated carbocycles.